The zero-order valence-electron chi connectivity index (χ0n) is 8.94. The van der Waals surface area contributed by atoms with Crippen LogP contribution in [0, 0.1) is 23.2 Å². The molecule has 1 heterocycles. The van der Waals surface area contributed by atoms with E-state index in [9.17, 15) is 4.79 Å². The number of nitriles is 1. The van der Waals surface area contributed by atoms with Crippen LogP contribution in [-0.2, 0) is 0 Å². The fourth-order valence-electron chi connectivity index (χ4n) is 3.10. The van der Waals surface area contributed by atoms with Crippen LogP contribution in [0.4, 0.5) is 0 Å². The molecule has 1 aromatic rings. The number of ketones is 1. The van der Waals surface area contributed by atoms with E-state index in [1.165, 1.54) is 0 Å². The maximum atomic E-state index is 11.8. The molecule has 82 valence electrons. The van der Waals surface area contributed by atoms with Crippen molar-refractivity contribution in [3.8, 4) is 6.07 Å². The van der Waals surface area contributed by atoms with Crippen LogP contribution in [0.15, 0.2) is 6.20 Å². The second kappa shape index (κ2) is 3.44. The number of hydrogen-bond acceptors (Lipinski definition) is 3. The van der Waals surface area contributed by atoms with Gasteiger partial charge in [-0.25, -0.2) is 0 Å². The highest BCUT2D eigenvalue weighted by Gasteiger charge is 2.39. The van der Waals surface area contributed by atoms with E-state index in [1.54, 1.807) is 6.20 Å². The van der Waals surface area contributed by atoms with Crippen molar-refractivity contribution in [1.82, 2.24) is 10.2 Å². The van der Waals surface area contributed by atoms with Gasteiger partial charge in [-0.15, -0.1) is 0 Å². The van der Waals surface area contributed by atoms with Crippen molar-refractivity contribution in [2.24, 2.45) is 11.8 Å². The van der Waals surface area contributed by atoms with Crippen molar-refractivity contribution in [3.05, 3.63) is 17.5 Å². The first-order valence-electron chi connectivity index (χ1n) is 5.75. The average Bonchev–Trinajstić information content (AvgIpc) is 2.78. The Morgan fingerprint density at radius 2 is 2.38 bits per heavy atom. The molecular weight excluding hydrogens is 202 g/mol. The van der Waals surface area contributed by atoms with Gasteiger partial charge in [-0.3, -0.25) is 9.89 Å². The quantitative estimate of drug-likeness (QED) is 0.719. The van der Waals surface area contributed by atoms with Crippen LogP contribution >= 0.6 is 0 Å². The fourth-order valence-corrected chi connectivity index (χ4v) is 3.10. The van der Waals surface area contributed by atoms with Gasteiger partial charge in [0.2, 0.25) is 0 Å². The van der Waals surface area contributed by atoms with Crippen LogP contribution in [0.5, 0.6) is 0 Å². The minimum atomic E-state index is 0.144. The summed E-state index contributed by atoms with van der Waals surface area (Å²) < 4.78 is 0. The maximum absolute atomic E-state index is 11.8. The summed E-state index contributed by atoms with van der Waals surface area (Å²) in [5.74, 6) is 1.12. The number of hydrogen-bond donors (Lipinski definition) is 1. The van der Waals surface area contributed by atoms with Gasteiger partial charge in [-0.2, -0.15) is 10.4 Å². The first kappa shape index (κ1) is 9.59. The minimum absolute atomic E-state index is 0.144. The van der Waals surface area contributed by atoms with Gasteiger partial charge < -0.3 is 0 Å². The SMILES string of the molecule is N#CC1CCC2CC(=O)c3cn[nH]c3C2C1. The third-order valence-corrected chi connectivity index (χ3v) is 3.96. The van der Waals surface area contributed by atoms with Gasteiger partial charge in [0.1, 0.15) is 0 Å². The number of carbonyl (C=O) groups excluding carboxylic acids is 1. The molecule has 1 fully saturated rings. The topological polar surface area (TPSA) is 69.5 Å². The van der Waals surface area contributed by atoms with Crippen LogP contribution < -0.4 is 0 Å². The number of nitrogens with one attached hydrogen (secondary N) is 1. The van der Waals surface area contributed by atoms with Crippen molar-refractivity contribution in [2.75, 3.05) is 0 Å². The molecule has 0 radical (unpaired) electrons. The van der Waals surface area contributed by atoms with Gasteiger partial charge >= 0.3 is 0 Å². The summed E-state index contributed by atoms with van der Waals surface area (Å²) in [5, 5.41) is 15.9. The zero-order valence-corrected chi connectivity index (χ0v) is 8.94. The van der Waals surface area contributed by atoms with Gasteiger partial charge in [0.25, 0.3) is 0 Å². The Morgan fingerprint density at radius 1 is 1.50 bits per heavy atom. The monoisotopic (exact) mass is 215 g/mol. The predicted molar refractivity (Wildman–Crippen MR) is 56.7 cm³/mol. The van der Waals surface area contributed by atoms with E-state index >= 15 is 0 Å². The molecular formula is C12H13N3O. The van der Waals surface area contributed by atoms with Gasteiger partial charge in [0.15, 0.2) is 5.78 Å². The van der Waals surface area contributed by atoms with Crippen LogP contribution in [0.2, 0.25) is 0 Å². The maximum Gasteiger partial charge on any atom is 0.166 e. The van der Waals surface area contributed by atoms with Crippen molar-refractivity contribution in [2.45, 2.75) is 31.6 Å². The largest absolute Gasteiger partial charge is 0.294 e. The number of rotatable bonds is 0. The molecule has 0 bridgehead atoms. The highest BCUT2D eigenvalue weighted by atomic mass is 16.1. The number of fused-ring (bicyclic) bond motifs is 3. The molecule has 16 heavy (non-hydrogen) atoms. The molecule has 4 heteroatoms. The molecule has 2 aliphatic rings. The van der Waals surface area contributed by atoms with Gasteiger partial charge in [-0.05, 0) is 25.2 Å². The van der Waals surface area contributed by atoms with E-state index in [0.717, 1.165) is 30.5 Å². The second-order valence-corrected chi connectivity index (χ2v) is 4.83. The smallest absolute Gasteiger partial charge is 0.166 e. The highest BCUT2D eigenvalue weighted by molar-refractivity contribution is 5.98. The summed E-state index contributed by atoms with van der Waals surface area (Å²) in [6, 6.07) is 2.35. The van der Waals surface area contributed by atoms with Gasteiger partial charge in [0.05, 0.1) is 17.8 Å². The Balaban J connectivity index is 1.98. The lowest BCUT2D eigenvalue weighted by Gasteiger charge is -2.36. The summed E-state index contributed by atoms with van der Waals surface area (Å²) in [6.07, 6.45) is 5.07. The van der Waals surface area contributed by atoms with E-state index in [-0.39, 0.29) is 11.7 Å². The highest BCUT2D eigenvalue weighted by Crippen LogP contribution is 2.45. The molecule has 1 aromatic heterocycles. The Hall–Kier alpha value is -1.63. The first-order valence-corrected chi connectivity index (χ1v) is 5.75. The summed E-state index contributed by atoms with van der Waals surface area (Å²) in [4.78, 5) is 11.8. The molecule has 0 amide bonds. The number of aromatic nitrogens is 2. The normalized spacial score (nSPS) is 32.7. The number of Topliss-reactive ketones (excluding diaryl/α,β-unsaturated/α-hetero) is 1. The van der Waals surface area contributed by atoms with Crippen LogP contribution in [0.1, 0.15) is 47.7 Å². The van der Waals surface area contributed by atoms with Crippen molar-refractivity contribution >= 4 is 5.78 Å². The summed E-state index contributed by atoms with van der Waals surface area (Å²) in [7, 11) is 0. The minimum Gasteiger partial charge on any atom is -0.294 e. The lowest BCUT2D eigenvalue weighted by Crippen LogP contribution is -2.30. The fraction of sp³-hybridized carbons (Fsp3) is 0.583. The third kappa shape index (κ3) is 1.28. The lowest BCUT2D eigenvalue weighted by molar-refractivity contribution is 0.0910. The van der Waals surface area contributed by atoms with E-state index in [1.807, 2.05) is 0 Å². The number of nitrogens with zero attached hydrogens (tertiary/aromatic N) is 2. The third-order valence-electron chi connectivity index (χ3n) is 3.96. The number of aromatic amines is 1. The Labute approximate surface area is 93.7 Å². The standard InChI is InChI=1S/C12H13N3O/c13-5-7-1-2-8-4-11(16)10-6-14-15-12(10)9(8)3-7/h6-9H,1-4H2,(H,14,15). The van der Waals surface area contributed by atoms with Gasteiger partial charge in [-0.1, -0.05) is 0 Å². The zero-order chi connectivity index (χ0) is 11.1. The Bertz CT molecular complexity index is 471. The van der Waals surface area contributed by atoms with Crippen LogP contribution in [-0.4, -0.2) is 16.0 Å². The number of H-pyrrole nitrogens is 1. The van der Waals surface area contributed by atoms with E-state index in [2.05, 4.69) is 16.3 Å². The molecule has 0 aliphatic heterocycles. The molecule has 2 aliphatic carbocycles. The summed E-state index contributed by atoms with van der Waals surface area (Å²) >= 11 is 0. The molecule has 0 spiro atoms. The van der Waals surface area contributed by atoms with E-state index < -0.39 is 0 Å². The Morgan fingerprint density at radius 3 is 3.19 bits per heavy atom. The van der Waals surface area contributed by atoms with Crippen LogP contribution in [0.3, 0.4) is 0 Å². The molecule has 0 aromatic carbocycles. The van der Waals surface area contributed by atoms with Crippen molar-refractivity contribution in [3.63, 3.8) is 0 Å². The Kier molecular flexibility index (Phi) is 2.06. The van der Waals surface area contributed by atoms with Crippen molar-refractivity contribution < 1.29 is 4.79 Å². The molecule has 1 saturated carbocycles. The molecule has 3 atom stereocenters. The predicted octanol–water partition coefficient (Wildman–Crippen LogP) is 2.02. The molecule has 3 rings (SSSR count). The molecule has 0 saturated heterocycles. The second-order valence-electron chi connectivity index (χ2n) is 4.83. The van der Waals surface area contributed by atoms with Crippen molar-refractivity contribution in [1.29, 1.82) is 5.26 Å². The van der Waals surface area contributed by atoms with Gasteiger partial charge in [0, 0.05) is 24.0 Å². The lowest BCUT2D eigenvalue weighted by atomic mass is 9.67. The van der Waals surface area contributed by atoms with E-state index in [0.29, 0.717) is 18.3 Å². The summed E-state index contributed by atoms with van der Waals surface area (Å²) in [5.41, 5.74) is 1.72. The number of carbonyl (C=O) groups is 1. The average molecular weight is 215 g/mol. The van der Waals surface area contributed by atoms with E-state index in [4.69, 9.17) is 5.26 Å². The first-order chi connectivity index (χ1) is 7.79. The van der Waals surface area contributed by atoms with Crippen LogP contribution in [0.25, 0.3) is 0 Å². The molecule has 1 N–H and O–H groups in total. The summed E-state index contributed by atoms with van der Waals surface area (Å²) in [6.45, 7) is 0. The molecule has 4 nitrogen and oxygen atoms in total. The molecule has 3 unspecified atom stereocenters.